The summed E-state index contributed by atoms with van der Waals surface area (Å²) in [7, 11) is 1.49. The third kappa shape index (κ3) is 5.48. The number of aryl methyl sites for hydroxylation is 1. The van der Waals surface area contributed by atoms with E-state index < -0.39 is 11.7 Å². The van der Waals surface area contributed by atoms with Crippen LogP contribution in [0.4, 0.5) is 15.8 Å². The molecule has 5 nitrogen and oxygen atoms in total. The number of nitrogens with one attached hydrogen (secondary N) is 1. The third-order valence-electron chi connectivity index (χ3n) is 7.56. The van der Waals surface area contributed by atoms with Gasteiger partial charge in [0.1, 0.15) is 11.6 Å². The largest absolute Gasteiger partial charge is 1.00 e. The molecule has 1 radical (unpaired) electrons. The van der Waals surface area contributed by atoms with Crippen LogP contribution in [0.2, 0.25) is 0 Å². The molecule has 1 N–H and O–H groups in total. The van der Waals surface area contributed by atoms with E-state index in [2.05, 4.69) is 17.8 Å². The average molecular weight is 676 g/mol. The number of carbonyl (C=O) groups is 2. The zero-order valence-corrected chi connectivity index (χ0v) is 23.5. The second-order valence-electron chi connectivity index (χ2n) is 9.87. The van der Waals surface area contributed by atoms with Crippen LogP contribution in [0.15, 0.2) is 60.7 Å². The van der Waals surface area contributed by atoms with Crippen molar-refractivity contribution in [3.63, 3.8) is 0 Å². The number of methoxy groups -OCH3 is 1. The van der Waals surface area contributed by atoms with Crippen LogP contribution in [-0.4, -0.2) is 25.5 Å². The van der Waals surface area contributed by atoms with Gasteiger partial charge in [-0.25, -0.2) is 4.39 Å². The number of amides is 2. The number of hydrogen-bond acceptors (Lipinski definition) is 3. The molecule has 0 unspecified atom stereocenters. The van der Waals surface area contributed by atoms with Crippen LogP contribution in [0, 0.1) is 24.6 Å². The Kier molecular flexibility index (Phi) is 8.14. The number of halogens is 1. The van der Waals surface area contributed by atoms with Gasteiger partial charge in [0.2, 0.25) is 0 Å². The molecule has 1 aliphatic carbocycles. The van der Waals surface area contributed by atoms with Gasteiger partial charge in [-0.1, -0.05) is 36.1 Å². The molecule has 1 saturated carbocycles. The van der Waals surface area contributed by atoms with Crippen molar-refractivity contribution in [3.05, 3.63) is 95.2 Å². The van der Waals surface area contributed by atoms with E-state index >= 15 is 0 Å². The average Bonchev–Trinajstić information content (AvgIpc) is 3.27. The summed E-state index contributed by atoms with van der Waals surface area (Å²) in [6.45, 7) is 2.41. The van der Waals surface area contributed by atoms with E-state index in [0.717, 1.165) is 37.8 Å². The van der Waals surface area contributed by atoms with Crippen LogP contribution in [0.1, 0.15) is 57.5 Å². The number of para-hydroxylation sites is 1. The van der Waals surface area contributed by atoms with Gasteiger partial charge in [-0.05, 0) is 67.3 Å². The standard InChI is InChI=1S/C30H30FN2O3.Os/c1-20-9-11-23(31)18-24(20)28(34)32-25-12-10-21(17-27(25)36-2)29(35)33-16-15-30(13-5-6-14-30)19-22-7-3-4-8-26(22)33;/h3-5,7-12,17-18H,6,13-16,19H2,1-2H3,(H,32,34);/q-1;+1/t30-;/m1./s1. The molecule has 1 fully saturated rings. The molecule has 1 atom stereocenters. The molecule has 3 aromatic carbocycles. The Morgan fingerprint density at radius 1 is 1.08 bits per heavy atom. The summed E-state index contributed by atoms with van der Waals surface area (Å²) < 4.78 is 19.2. The first kappa shape index (κ1) is 27.0. The van der Waals surface area contributed by atoms with Crippen LogP contribution < -0.4 is 15.0 Å². The van der Waals surface area contributed by atoms with Crippen molar-refractivity contribution < 1.29 is 38.5 Å². The van der Waals surface area contributed by atoms with E-state index in [1.165, 1.54) is 24.8 Å². The predicted molar refractivity (Wildman–Crippen MR) is 139 cm³/mol. The molecule has 193 valence electrons. The first-order valence-corrected chi connectivity index (χ1v) is 12.4. The molecule has 0 aromatic heterocycles. The van der Waals surface area contributed by atoms with Crippen LogP contribution in [0.3, 0.4) is 0 Å². The van der Waals surface area contributed by atoms with Crippen molar-refractivity contribution in [2.24, 2.45) is 5.41 Å². The number of carbonyl (C=O) groups excluding carboxylic acids is 2. The summed E-state index contributed by atoms with van der Waals surface area (Å²) in [5.74, 6) is -0.648. The van der Waals surface area contributed by atoms with Crippen LogP contribution in [0.25, 0.3) is 0 Å². The first-order chi connectivity index (χ1) is 17.4. The van der Waals surface area contributed by atoms with E-state index in [0.29, 0.717) is 29.1 Å². The van der Waals surface area contributed by atoms with Crippen LogP contribution >= 0.6 is 0 Å². The molecule has 5 rings (SSSR count). The Labute approximate surface area is 230 Å². The van der Waals surface area contributed by atoms with Gasteiger partial charge in [-0.15, -0.1) is 0 Å². The van der Waals surface area contributed by atoms with Crippen LogP contribution in [0.5, 0.6) is 5.75 Å². The van der Waals surface area contributed by atoms with Gasteiger partial charge in [0, 0.05) is 23.4 Å². The molecule has 1 spiro atoms. The normalized spacial score (nSPS) is 18.5. The van der Waals surface area contributed by atoms with Gasteiger partial charge in [-0.3, -0.25) is 9.59 Å². The van der Waals surface area contributed by atoms with Gasteiger partial charge in [0.05, 0.1) is 12.8 Å². The van der Waals surface area contributed by atoms with Gasteiger partial charge in [-0.2, -0.15) is 12.8 Å². The number of ether oxygens (including phenoxy) is 1. The minimum atomic E-state index is -0.478. The van der Waals surface area contributed by atoms with Crippen molar-refractivity contribution in [1.29, 1.82) is 0 Å². The number of anilines is 2. The molecule has 37 heavy (non-hydrogen) atoms. The summed E-state index contributed by atoms with van der Waals surface area (Å²) in [5.41, 5.74) is 4.21. The van der Waals surface area contributed by atoms with Crippen molar-refractivity contribution in [3.8, 4) is 5.75 Å². The molecular formula is C30H30FN2O3Os. The molecule has 7 heteroatoms. The minimum absolute atomic E-state index is 0. The van der Waals surface area contributed by atoms with E-state index in [1.807, 2.05) is 23.1 Å². The van der Waals surface area contributed by atoms with Gasteiger partial charge in [0.15, 0.2) is 0 Å². The Morgan fingerprint density at radius 2 is 1.89 bits per heavy atom. The SMILES string of the molecule is COc1cc(C(=O)N2CC[C@]3(C[CH-]CC3)Cc3ccccc32)ccc1NC(=O)c1cc(F)ccc1C.[Os+]. The summed E-state index contributed by atoms with van der Waals surface area (Å²) in [6.07, 6.45) is 7.71. The molecular weight excluding hydrogens is 646 g/mol. The van der Waals surface area contributed by atoms with Crippen molar-refractivity contribution in [2.75, 3.05) is 23.9 Å². The Morgan fingerprint density at radius 3 is 2.65 bits per heavy atom. The first-order valence-electron chi connectivity index (χ1n) is 12.4. The van der Waals surface area contributed by atoms with Gasteiger partial charge >= 0.3 is 19.8 Å². The van der Waals surface area contributed by atoms with Crippen molar-refractivity contribution in [2.45, 2.75) is 39.0 Å². The summed E-state index contributed by atoms with van der Waals surface area (Å²) in [6, 6.07) is 17.3. The number of fused-ring (bicyclic) bond motifs is 1. The number of rotatable bonds is 4. The fourth-order valence-corrected chi connectivity index (χ4v) is 5.51. The predicted octanol–water partition coefficient (Wildman–Crippen LogP) is 6.36. The monoisotopic (exact) mass is 677 g/mol. The Hall–Kier alpha value is -3.03. The smallest absolute Gasteiger partial charge is 0.495 e. The zero-order valence-electron chi connectivity index (χ0n) is 21.0. The van der Waals surface area contributed by atoms with E-state index in [9.17, 15) is 14.0 Å². The number of hydrogen-bond donors (Lipinski definition) is 1. The Bertz CT molecular complexity index is 1320. The minimum Gasteiger partial charge on any atom is -0.495 e. The maximum atomic E-state index is 13.8. The van der Waals surface area contributed by atoms with Crippen molar-refractivity contribution in [1.82, 2.24) is 0 Å². The topological polar surface area (TPSA) is 58.6 Å². The van der Waals surface area contributed by atoms with E-state index in [4.69, 9.17) is 4.74 Å². The molecule has 1 aliphatic heterocycles. The van der Waals surface area contributed by atoms with Crippen LogP contribution in [-0.2, 0) is 26.2 Å². The molecule has 3 aromatic rings. The molecule has 0 saturated heterocycles. The summed E-state index contributed by atoms with van der Waals surface area (Å²) >= 11 is 0. The summed E-state index contributed by atoms with van der Waals surface area (Å²) in [4.78, 5) is 28.4. The number of nitrogens with zero attached hydrogens (tertiary/aromatic N) is 1. The second-order valence-corrected chi connectivity index (χ2v) is 9.87. The summed E-state index contributed by atoms with van der Waals surface area (Å²) in [5, 5.41) is 2.79. The van der Waals surface area contributed by atoms with Crippen molar-refractivity contribution >= 4 is 23.2 Å². The quantitative estimate of drug-likeness (QED) is 0.328. The van der Waals surface area contributed by atoms with Gasteiger partial charge < -0.3 is 21.4 Å². The molecule has 2 amide bonds. The van der Waals surface area contributed by atoms with Gasteiger partial charge in [0.25, 0.3) is 11.8 Å². The zero-order chi connectivity index (χ0) is 25.3. The second kappa shape index (κ2) is 11.1. The maximum Gasteiger partial charge on any atom is 1.00 e. The third-order valence-corrected chi connectivity index (χ3v) is 7.56. The molecule has 0 bridgehead atoms. The fraction of sp³-hybridized carbons (Fsp3) is 0.300. The molecule has 2 aliphatic rings. The number of benzene rings is 3. The fourth-order valence-electron chi connectivity index (χ4n) is 5.51. The van der Waals surface area contributed by atoms with E-state index in [1.54, 1.807) is 31.2 Å². The Balaban J connectivity index is 0.00000320. The maximum absolute atomic E-state index is 13.8. The molecule has 1 heterocycles. The van der Waals surface area contributed by atoms with E-state index in [-0.39, 0.29) is 36.7 Å².